The molecule has 1 atom stereocenters. The first kappa shape index (κ1) is 21.1. The van der Waals surface area contributed by atoms with Gasteiger partial charge in [-0.2, -0.15) is 0 Å². The van der Waals surface area contributed by atoms with Crippen molar-refractivity contribution >= 4 is 20.2 Å². The van der Waals surface area contributed by atoms with Crippen LogP contribution in [0.25, 0.3) is 0 Å². The topological polar surface area (TPSA) is 56.8 Å². The van der Waals surface area contributed by atoms with Gasteiger partial charge in [0.25, 0.3) is 0 Å². The minimum absolute atomic E-state index is 0. The standard InChI is InChI=1S/C19H24NO4P.ClH/c21-25(24-16-19-12-7-13-20-19,22-14-17-8-3-1-4-9-17)23-15-18-10-5-2-6-11-18;/h1-6,8-11,19-20H,7,12-16H2;1H. The molecule has 5 nitrogen and oxygen atoms in total. The third-order valence-corrected chi connectivity index (χ3v) is 5.42. The van der Waals surface area contributed by atoms with E-state index in [1.807, 2.05) is 60.7 Å². The van der Waals surface area contributed by atoms with Crippen LogP contribution in [0.3, 0.4) is 0 Å². The number of hydrogen-bond donors (Lipinski definition) is 1. The summed E-state index contributed by atoms with van der Waals surface area (Å²) in [5.41, 5.74) is 1.85. The first-order chi connectivity index (χ1) is 12.2. The maximum atomic E-state index is 13.0. The molecule has 1 N–H and O–H groups in total. The van der Waals surface area contributed by atoms with E-state index in [-0.39, 0.29) is 31.7 Å². The summed E-state index contributed by atoms with van der Waals surface area (Å²) in [6.07, 6.45) is 2.12. The molecule has 0 amide bonds. The highest BCUT2D eigenvalue weighted by Gasteiger charge is 2.29. The smallest absolute Gasteiger partial charge is 0.312 e. The Bertz CT molecular complexity index is 633. The van der Waals surface area contributed by atoms with Crippen LogP contribution < -0.4 is 5.32 Å². The van der Waals surface area contributed by atoms with Gasteiger partial charge in [-0.25, -0.2) is 4.57 Å². The molecule has 0 aromatic heterocycles. The number of hydrogen-bond acceptors (Lipinski definition) is 5. The Morgan fingerprint density at radius 1 is 0.885 bits per heavy atom. The Morgan fingerprint density at radius 3 is 1.88 bits per heavy atom. The molecule has 2 aromatic rings. The Kier molecular flexibility index (Phi) is 8.79. The maximum Gasteiger partial charge on any atom is 0.475 e. The Labute approximate surface area is 161 Å². The van der Waals surface area contributed by atoms with Crippen LogP contribution in [-0.2, 0) is 31.4 Å². The van der Waals surface area contributed by atoms with Gasteiger partial charge >= 0.3 is 7.82 Å². The third-order valence-electron chi connectivity index (χ3n) is 4.06. The van der Waals surface area contributed by atoms with Crippen LogP contribution in [0.4, 0.5) is 0 Å². The molecular formula is C19H25ClNO4P. The SMILES string of the molecule is Cl.O=P(OCc1ccccc1)(OCc1ccccc1)OCC1CCCN1. The summed E-state index contributed by atoms with van der Waals surface area (Å²) in [4.78, 5) is 0. The van der Waals surface area contributed by atoms with Crippen molar-refractivity contribution in [2.24, 2.45) is 0 Å². The van der Waals surface area contributed by atoms with Crippen LogP contribution in [0, 0.1) is 0 Å². The molecular weight excluding hydrogens is 373 g/mol. The van der Waals surface area contributed by atoms with Crippen molar-refractivity contribution in [3.8, 4) is 0 Å². The highest BCUT2D eigenvalue weighted by Crippen LogP contribution is 2.51. The number of benzene rings is 2. The van der Waals surface area contributed by atoms with E-state index < -0.39 is 7.82 Å². The van der Waals surface area contributed by atoms with Crippen LogP contribution in [0.1, 0.15) is 24.0 Å². The third kappa shape index (κ3) is 6.84. The van der Waals surface area contributed by atoms with E-state index in [0.717, 1.165) is 30.5 Å². The molecule has 0 aliphatic carbocycles. The van der Waals surface area contributed by atoms with Gasteiger partial charge < -0.3 is 5.32 Å². The highest BCUT2D eigenvalue weighted by molar-refractivity contribution is 7.48. The lowest BCUT2D eigenvalue weighted by Crippen LogP contribution is -2.26. The van der Waals surface area contributed by atoms with Crippen molar-refractivity contribution in [2.45, 2.75) is 32.1 Å². The second kappa shape index (κ2) is 10.8. The largest absolute Gasteiger partial charge is 0.475 e. The lowest BCUT2D eigenvalue weighted by Gasteiger charge is -2.20. The monoisotopic (exact) mass is 397 g/mol. The summed E-state index contributed by atoms with van der Waals surface area (Å²) in [5, 5.41) is 3.32. The molecule has 1 fully saturated rings. The van der Waals surface area contributed by atoms with Gasteiger partial charge in [-0.05, 0) is 30.5 Å². The number of phosphoric ester groups is 1. The molecule has 1 aliphatic rings. The van der Waals surface area contributed by atoms with Gasteiger partial charge in [0, 0.05) is 6.04 Å². The molecule has 1 heterocycles. The number of halogens is 1. The zero-order chi connectivity index (χ0) is 17.4. The van der Waals surface area contributed by atoms with Crippen molar-refractivity contribution in [3.63, 3.8) is 0 Å². The Morgan fingerprint density at radius 2 is 1.42 bits per heavy atom. The average Bonchev–Trinajstić information content (AvgIpc) is 3.19. The molecule has 142 valence electrons. The van der Waals surface area contributed by atoms with Gasteiger partial charge in [0.1, 0.15) is 0 Å². The fraction of sp³-hybridized carbons (Fsp3) is 0.368. The van der Waals surface area contributed by atoms with Crippen molar-refractivity contribution in [3.05, 3.63) is 71.8 Å². The summed E-state index contributed by atoms with van der Waals surface area (Å²) in [6.45, 7) is 1.66. The first-order valence-electron chi connectivity index (χ1n) is 8.58. The Hall–Kier alpha value is -1.20. The van der Waals surface area contributed by atoms with E-state index in [2.05, 4.69) is 5.32 Å². The fourth-order valence-electron chi connectivity index (χ4n) is 2.65. The molecule has 26 heavy (non-hydrogen) atoms. The van der Waals surface area contributed by atoms with E-state index in [0.29, 0.717) is 6.61 Å². The predicted octanol–water partition coefficient (Wildman–Crippen LogP) is 4.72. The molecule has 0 radical (unpaired) electrons. The van der Waals surface area contributed by atoms with Gasteiger partial charge in [-0.3, -0.25) is 13.6 Å². The maximum absolute atomic E-state index is 13.0. The number of nitrogens with one attached hydrogen (secondary N) is 1. The number of phosphoric acid groups is 1. The Balaban J connectivity index is 0.00000243. The lowest BCUT2D eigenvalue weighted by molar-refractivity contribution is 0.0967. The first-order valence-corrected chi connectivity index (χ1v) is 10.0. The molecule has 7 heteroatoms. The van der Waals surface area contributed by atoms with Crippen molar-refractivity contribution in [1.29, 1.82) is 0 Å². The van der Waals surface area contributed by atoms with Crippen LogP contribution in [0.15, 0.2) is 60.7 Å². The van der Waals surface area contributed by atoms with Crippen molar-refractivity contribution in [2.75, 3.05) is 13.2 Å². The van der Waals surface area contributed by atoms with Gasteiger partial charge in [0.15, 0.2) is 0 Å². The molecule has 1 aliphatic heterocycles. The molecule has 3 rings (SSSR count). The fourth-order valence-corrected chi connectivity index (χ4v) is 3.85. The van der Waals surface area contributed by atoms with Gasteiger partial charge in [-0.15, -0.1) is 12.4 Å². The molecule has 1 saturated heterocycles. The summed E-state index contributed by atoms with van der Waals surface area (Å²) >= 11 is 0. The van der Waals surface area contributed by atoms with E-state index in [1.54, 1.807) is 0 Å². The molecule has 1 unspecified atom stereocenters. The molecule has 0 spiro atoms. The second-order valence-corrected chi connectivity index (χ2v) is 7.72. The minimum atomic E-state index is -3.64. The quantitative estimate of drug-likeness (QED) is 0.620. The van der Waals surface area contributed by atoms with Crippen LogP contribution >= 0.6 is 20.2 Å². The minimum Gasteiger partial charge on any atom is -0.312 e. The highest BCUT2D eigenvalue weighted by atomic mass is 35.5. The summed E-state index contributed by atoms with van der Waals surface area (Å²) in [7, 11) is -3.64. The van der Waals surface area contributed by atoms with Crippen LogP contribution in [0.2, 0.25) is 0 Å². The predicted molar refractivity (Wildman–Crippen MR) is 104 cm³/mol. The van der Waals surface area contributed by atoms with E-state index >= 15 is 0 Å². The van der Waals surface area contributed by atoms with E-state index in [4.69, 9.17) is 13.6 Å². The molecule has 0 bridgehead atoms. The van der Waals surface area contributed by atoms with Gasteiger partial charge in [0.2, 0.25) is 0 Å². The summed E-state index contributed by atoms with van der Waals surface area (Å²) in [6, 6.07) is 19.4. The van der Waals surface area contributed by atoms with E-state index in [1.165, 1.54) is 0 Å². The lowest BCUT2D eigenvalue weighted by atomic mass is 10.2. The summed E-state index contributed by atoms with van der Waals surface area (Å²) in [5.74, 6) is 0. The van der Waals surface area contributed by atoms with Crippen LogP contribution in [0.5, 0.6) is 0 Å². The number of rotatable bonds is 9. The van der Waals surface area contributed by atoms with Crippen molar-refractivity contribution in [1.82, 2.24) is 5.32 Å². The zero-order valence-corrected chi connectivity index (χ0v) is 16.3. The zero-order valence-electron chi connectivity index (χ0n) is 14.6. The van der Waals surface area contributed by atoms with E-state index in [9.17, 15) is 4.57 Å². The summed E-state index contributed by atoms with van der Waals surface area (Å²) < 4.78 is 29.8. The normalized spacial score (nSPS) is 17.0. The molecule has 0 saturated carbocycles. The van der Waals surface area contributed by atoms with Gasteiger partial charge in [-0.1, -0.05) is 60.7 Å². The average molecular weight is 398 g/mol. The van der Waals surface area contributed by atoms with Crippen LogP contribution in [-0.4, -0.2) is 19.2 Å². The second-order valence-electron chi connectivity index (χ2n) is 6.05. The van der Waals surface area contributed by atoms with Crippen molar-refractivity contribution < 1.29 is 18.1 Å². The molecule has 2 aromatic carbocycles. The van der Waals surface area contributed by atoms with Gasteiger partial charge in [0.05, 0.1) is 19.8 Å².